The first-order chi connectivity index (χ1) is 13.0. The summed E-state index contributed by atoms with van der Waals surface area (Å²) in [5.74, 6) is -0.441. The molecule has 2 aromatic carbocycles. The normalized spacial score (nSPS) is 10.3. The minimum absolute atomic E-state index is 0.0222. The molecule has 0 saturated heterocycles. The van der Waals surface area contributed by atoms with Crippen molar-refractivity contribution in [3.63, 3.8) is 0 Å². The van der Waals surface area contributed by atoms with Crippen LogP contribution in [0.15, 0.2) is 48.5 Å². The van der Waals surface area contributed by atoms with Crippen LogP contribution in [0.3, 0.4) is 0 Å². The molecule has 6 nitrogen and oxygen atoms in total. The number of amides is 1. The maximum Gasteiger partial charge on any atom is 0.331 e. The highest BCUT2D eigenvalue weighted by Gasteiger charge is 2.09. The van der Waals surface area contributed by atoms with Gasteiger partial charge in [-0.1, -0.05) is 30.3 Å². The molecular formula is C21H20N2O4. The summed E-state index contributed by atoms with van der Waals surface area (Å²) in [5, 5.41) is 11.2. The fraction of sp³-hybridized carbons (Fsp3) is 0.190. The maximum atomic E-state index is 12.0. The molecule has 2 aromatic rings. The van der Waals surface area contributed by atoms with E-state index in [1.165, 1.54) is 6.08 Å². The van der Waals surface area contributed by atoms with Crippen molar-refractivity contribution in [2.75, 3.05) is 18.5 Å². The summed E-state index contributed by atoms with van der Waals surface area (Å²) in [7, 11) is 0. The Balaban J connectivity index is 1.82. The number of rotatable bonds is 7. The van der Waals surface area contributed by atoms with Gasteiger partial charge < -0.3 is 14.8 Å². The number of hydrogen-bond donors (Lipinski definition) is 1. The molecule has 0 aliphatic rings. The molecule has 6 heteroatoms. The summed E-state index contributed by atoms with van der Waals surface area (Å²) < 4.78 is 10.1. The lowest BCUT2D eigenvalue weighted by atomic mass is 10.1. The number of benzene rings is 2. The van der Waals surface area contributed by atoms with Gasteiger partial charge >= 0.3 is 5.97 Å². The van der Waals surface area contributed by atoms with Gasteiger partial charge in [0.1, 0.15) is 11.8 Å². The molecule has 0 saturated carbocycles. The predicted molar refractivity (Wildman–Crippen MR) is 102 cm³/mol. The number of carbonyl (C=O) groups is 2. The minimum Gasteiger partial charge on any atom is -0.479 e. The molecule has 0 heterocycles. The SMILES string of the molecule is Cc1cccc(C)c1NC(=O)COC(=O)/C=C/c1ccc(OCC#N)cc1. The Labute approximate surface area is 158 Å². The Hall–Kier alpha value is -3.59. The molecule has 0 aromatic heterocycles. The number of anilines is 1. The third-order valence-corrected chi connectivity index (χ3v) is 3.69. The van der Waals surface area contributed by atoms with Gasteiger partial charge in [0.25, 0.3) is 5.91 Å². The minimum atomic E-state index is -0.614. The maximum absolute atomic E-state index is 12.0. The van der Waals surface area contributed by atoms with Crippen LogP contribution in [0, 0.1) is 25.2 Å². The molecule has 0 bridgehead atoms. The molecular weight excluding hydrogens is 344 g/mol. The Morgan fingerprint density at radius 2 is 1.78 bits per heavy atom. The zero-order valence-corrected chi connectivity index (χ0v) is 15.2. The van der Waals surface area contributed by atoms with Gasteiger partial charge in [-0.15, -0.1) is 0 Å². The first-order valence-electron chi connectivity index (χ1n) is 8.30. The fourth-order valence-corrected chi connectivity index (χ4v) is 2.33. The van der Waals surface area contributed by atoms with Gasteiger partial charge in [0.05, 0.1) is 0 Å². The van der Waals surface area contributed by atoms with E-state index in [-0.39, 0.29) is 13.2 Å². The predicted octanol–water partition coefficient (Wildman–Crippen LogP) is 3.40. The Kier molecular flexibility index (Phi) is 7.15. The van der Waals surface area contributed by atoms with Gasteiger partial charge in [0.2, 0.25) is 0 Å². The molecule has 0 aliphatic heterocycles. The van der Waals surface area contributed by atoms with Crippen molar-refractivity contribution in [1.29, 1.82) is 5.26 Å². The van der Waals surface area contributed by atoms with Gasteiger partial charge in [0, 0.05) is 11.8 Å². The third kappa shape index (κ3) is 6.33. The van der Waals surface area contributed by atoms with Crippen molar-refractivity contribution < 1.29 is 19.1 Å². The fourth-order valence-electron chi connectivity index (χ4n) is 2.33. The monoisotopic (exact) mass is 364 g/mol. The van der Waals surface area contributed by atoms with E-state index in [0.29, 0.717) is 5.75 Å². The van der Waals surface area contributed by atoms with Crippen molar-refractivity contribution in [2.45, 2.75) is 13.8 Å². The van der Waals surface area contributed by atoms with Crippen LogP contribution in [0.2, 0.25) is 0 Å². The van der Waals surface area contributed by atoms with E-state index < -0.39 is 11.9 Å². The number of aryl methyl sites for hydroxylation is 2. The number of esters is 1. The zero-order chi connectivity index (χ0) is 19.6. The Morgan fingerprint density at radius 1 is 1.11 bits per heavy atom. The van der Waals surface area contributed by atoms with E-state index in [9.17, 15) is 9.59 Å². The largest absolute Gasteiger partial charge is 0.479 e. The number of nitrogens with one attached hydrogen (secondary N) is 1. The van der Waals surface area contributed by atoms with E-state index in [1.807, 2.05) is 38.1 Å². The number of nitrogens with zero attached hydrogens (tertiary/aromatic N) is 1. The van der Waals surface area contributed by atoms with Crippen LogP contribution in [0.1, 0.15) is 16.7 Å². The second-order valence-corrected chi connectivity index (χ2v) is 5.77. The highest BCUT2D eigenvalue weighted by molar-refractivity contribution is 5.95. The lowest BCUT2D eigenvalue weighted by Crippen LogP contribution is -2.21. The first-order valence-corrected chi connectivity index (χ1v) is 8.30. The number of carbonyl (C=O) groups excluding carboxylic acids is 2. The Morgan fingerprint density at radius 3 is 2.41 bits per heavy atom. The van der Waals surface area contributed by atoms with Crippen LogP contribution < -0.4 is 10.1 Å². The van der Waals surface area contributed by atoms with Crippen molar-refractivity contribution in [2.24, 2.45) is 0 Å². The van der Waals surface area contributed by atoms with Crippen LogP contribution in [-0.2, 0) is 14.3 Å². The van der Waals surface area contributed by atoms with E-state index >= 15 is 0 Å². The van der Waals surface area contributed by atoms with Gasteiger partial charge in [-0.05, 0) is 48.7 Å². The lowest BCUT2D eigenvalue weighted by Gasteiger charge is -2.11. The van der Waals surface area contributed by atoms with Crippen LogP contribution in [0.4, 0.5) is 5.69 Å². The number of ether oxygens (including phenoxy) is 2. The number of para-hydroxylation sites is 1. The zero-order valence-electron chi connectivity index (χ0n) is 15.2. The first kappa shape index (κ1) is 19.7. The summed E-state index contributed by atoms with van der Waals surface area (Å²) in [5.41, 5.74) is 3.37. The van der Waals surface area contributed by atoms with Gasteiger partial charge in [0.15, 0.2) is 13.2 Å². The van der Waals surface area contributed by atoms with Crippen molar-refractivity contribution >= 4 is 23.6 Å². The average molecular weight is 364 g/mol. The quantitative estimate of drug-likeness (QED) is 0.601. The molecule has 27 heavy (non-hydrogen) atoms. The molecule has 0 atom stereocenters. The molecule has 0 unspecified atom stereocenters. The van der Waals surface area contributed by atoms with Gasteiger partial charge in [-0.25, -0.2) is 4.79 Å². The molecule has 0 radical (unpaired) electrons. The molecule has 0 fully saturated rings. The molecule has 138 valence electrons. The topological polar surface area (TPSA) is 88.4 Å². The van der Waals surface area contributed by atoms with E-state index in [4.69, 9.17) is 14.7 Å². The summed E-state index contributed by atoms with van der Waals surface area (Å²) >= 11 is 0. The van der Waals surface area contributed by atoms with E-state index in [2.05, 4.69) is 5.32 Å². The molecule has 2 rings (SSSR count). The third-order valence-electron chi connectivity index (χ3n) is 3.69. The lowest BCUT2D eigenvalue weighted by molar-refractivity contribution is -0.142. The Bertz CT molecular complexity index is 860. The van der Waals surface area contributed by atoms with E-state index in [0.717, 1.165) is 22.4 Å². The molecule has 0 aliphatic carbocycles. The van der Waals surface area contributed by atoms with Crippen molar-refractivity contribution in [3.8, 4) is 11.8 Å². The van der Waals surface area contributed by atoms with Gasteiger partial charge in [-0.2, -0.15) is 5.26 Å². The summed E-state index contributed by atoms with van der Waals surface area (Å²) in [4.78, 5) is 23.7. The highest BCUT2D eigenvalue weighted by atomic mass is 16.5. The summed E-state index contributed by atoms with van der Waals surface area (Å²) in [6, 6.07) is 14.5. The van der Waals surface area contributed by atoms with Crippen LogP contribution in [-0.4, -0.2) is 25.1 Å². The second-order valence-electron chi connectivity index (χ2n) is 5.77. The smallest absolute Gasteiger partial charge is 0.331 e. The van der Waals surface area contributed by atoms with Crippen molar-refractivity contribution in [3.05, 3.63) is 65.2 Å². The highest BCUT2D eigenvalue weighted by Crippen LogP contribution is 2.19. The number of hydrogen-bond acceptors (Lipinski definition) is 5. The molecule has 0 spiro atoms. The van der Waals surface area contributed by atoms with Crippen LogP contribution >= 0.6 is 0 Å². The average Bonchev–Trinajstić information content (AvgIpc) is 2.67. The van der Waals surface area contributed by atoms with Gasteiger partial charge in [-0.3, -0.25) is 4.79 Å². The standard InChI is InChI=1S/C21H20N2O4/c1-15-4-3-5-16(2)21(15)23-19(24)14-27-20(25)11-8-17-6-9-18(10-7-17)26-13-12-22/h3-11H,13-14H2,1-2H3,(H,23,24)/b11-8+. The summed E-state index contributed by atoms with van der Waals surface area (Å²) in [6.07, 6.45) is 2.82. The van der Waals surface area contributed by atoms with E-state index in [1.54, 1.807) is 30.3 Å². The molecule has 1 N–H and O–H groups in total. The molecule has 1 amide bonds. The summed E-state index contributed by atoms with van der Waals surface area (Å²) in [6.45, 7) is 3.41. The van der Waals surface area contributed by atoms with Crippen molar-refractivity contribution in [1.82, 2.24) is 0 Å². The van der Waals surface area contributed by atoms with Crippen LogP contribution in [0.5, 0.6) is 5.75 Å². The van der Waals surface area contributed by atoms with Crippen LogP contribution in [0.25, 0.3) is 6.08 Å². The second kappa shape index (κ2) is 9.78. The number of nitriles is 1.